The van der Waals surface area contributed by atoms with Crippen molar-refractivity contribution >= 4 is 17.5 Å². The number of hydrogen-bond acceptors (Lipinski definition) is 5. The Balaban J connectivity index is 1.42. The standard InChI is InChI=1S/C28H28N6O2/c1-19(2)34-18-31-26(32-34)24-17-33(28(36)21-6-4-3-5-7-21)25-9-8-22(16-23(24)25)27(35)30-15-12-20-10-13-29-14-11-20/h3-11,13-14,16,18-19,24H,12,15,17H2,1-2H3,(H,30,35)/t24-/m1/s1. The van der Waals surface area contributed by atoms with E-state index >= 15 is 0 Å². The molecule has 0 unspecified atom stereocenters. The van der Waals surface area contributed by atoms with Gasteiger partial charge in [-0.1, -0.05) is 18.2 Å². The summed E-state index contributed by atoms with van der Waals surface area (Å²) in [5.74, 6) is 0.178. The van der Waals surface area contributed by atoms with E-state index < -0.39 is 0 Å². The summed E-state index contributed by atoms with van der Waals surface area (Å²) in [7, 11) is 0. The van der Waals surface area contributed by atoms with E-state index in [4.69, 9.17) is 0 Å². The maximum absolute atomic E-state index is 13.4. The number of nitrogens with zero attached hydrogens (tertiary/aromatic N) is 5. The molecular formula is C28H28N6O2. The minimum absolute atomic E-state index is 0.0859. The number of aromatic nitrogens is 4. The van der Waals surface area contributed by atoms with Gasteiger partial charge in [-0.2, -0.15) is 5.10 Å². The average molecular weight is 481 g/mol. The zero-order valence-corrected chi connectivity index (χ0v) is 20.3. The number of anilines is 1. The van der Waals surface area contributed by atoms with Crippen LogP contribution in [-0.4, -0.2) is 44.7 Å². The van der Waals surface area contributed by atoms with Gasteiger partial charge in [0, 0.05) is 48.3 Å². The van der Waals surface area contributed by atoms with Crippen LogP contribution < -0.4 is 10.2 Å². The molecule has 36 heavy (non-hydrogen) atoms. The van der Waals surface area contributed by atoms with Gasteiger partial charge in [0.25, 0.3) is 11.8 Å². The summed E-state index contributed by atoms with van der Waals surface area (Å²) in [5, 5.41) is 7.67. The summed E-state index contributed by atoms with van der Waals surface area (Å²) in [5.41, 5.74) is 3.93. The van der Waals surface area contributed by atoms with Crippen LogP contribution in [0, 0.1) is 0 Å². The molecule has 8 nitrogen and oxygen atoms in total. The second-order valence-corrected chi connectivity index (χ2v) is 9.15. The monoisotopic (exact) mass is 480 g/mol. The molecule has 1 aliphatic heterocycles. The molecule has 2 aromatic carbocycles. The molecule has 1 N–H and O–H groups in total. The van der Waals surface area contributed by atoms with Gasteiger partial charge in [-0.15, -0.1) is 0 Å². The summed E-state index contributed by atoms with van der Waals surface area (Å²) >= 11 is 0. The molecule has 8 heteroatoms. The van der Waals surface area contributed by atoms with Crippen LogP contribution >= 0.6 is 0 Å². The van der Waals surface area contributed by atoms with Crippen molar-refractivity contribution in [3.05, 3.63) is 107 Å². The lowest BCUT2D eigenvalue weighted by molar-refractivity contribution is 0.0952. The van der Waals surface area contributed by atoms with Gasteiger partial charge >= 0.3 is 0 Å². The normalized spacial score (nSPS) is 14.6. The van der Waals surface area contributed by atoms with E-state index in [-0.39, 0.29) is 23.8 Å². The van der Waals surface area contributed by atoms with Gasteiger partial charge in [0.2, 0.25) is 0 Å². The van der Waals surface area contributed by atoms with Crippen LogP contribution in [0.5, 0.6) is 0 Å². The molecule has 1 aliphatic rings. The van der Waals surface area contributed by atoms with E-state index in [1.165, 1.54) is 0 Å². The van der Waals surface area contributed by atoms with Crippen LogP contribution in [-0.2, 0) is 6.42 Å². The predicted octanol–water partition coefficient (Wildman–Crippen LogP) is 4.02. The molecule has 0 radical (unpaired) electrons. The van der Waals surface area contributed by atoms with Gasteiger partial charge in [-0.25, -0.2) is 4.98 Å². The molecule has 0 aliphatic carbocycles. The molecule has 3 heterocycles. The van der Waals surface area contributed by atoms with Crippen molar-refractivity contribution in [1.29, 1.82) is 0 Å². The number of carbonyl (C=O) groups is 2. The van der Waals surface area contributed by atoms with Crippen LogP contribution in [0.2, 0.25) is 0 Å². The molecule has 2 amide bonds. The Morgan fingerprint density at radius 2 is 1.81 bits per heavy atom. The van der Waals surface area contributed by atoms with Crippen molar-refractivity contribution in [3.63, 3.8) is 0 Å². The minimum Gasteiger partial charge on any atom is -0.352 e. The van der Waals surface area contributed by atoms with Crippen molar-refractivity contribution in [3.8, 4) is 0 Å². The zero-order valence-electron chi connectivity index (χ0n) is 20.3. The van der Waals surface area contributed by atoms with Crippen LogP contribution in [0.1, 0.15) is 63.5 Å². The maximum Gasteiger partial charge on any atom is 0.258 e. The Morgan fingerprint density at radius 1 is 1.03 bits per heavy atom. The fourth-order valence-electron chi connectivity index (χ4n) is 4.42. The first-order chi connectivity index (χ1) is 17.5. The van der Waals surface area contributed by atoms with Gasteiger partial charge < -0.3 is 10.2 Å². The number of pyridine rings is 1. The Labute approximate surface area is 210 Å². The van der Waals surface area contributed by atoms with Crippen LogP contribution in [0.3, 0.4) is 0 Å². The summed E-state index contributed by atoms with van der Waals surface area (Å²) < 4.78 is 1.81. The predicted molar refractivity (Wildman–Crippen MR) is 137 cm³/mol. The molecule has 0 spiro atoms. The van der Waals surface area contributed by atoms with Crippen LogP contribution in [0.15, 0.2) is 79.4 Å². The fraction of sp³-hybridized carbons (Fsp3) is 0.250. The minimum atomic E-state index is -0.225. The second-order valence-electron chi connectivity index (χ2n) is 9.15. The van der Waals surface area contributed by atoms with E-state index in [0.29, 0.717) is 30.0 Å². The molecule has 5 rings (SSSR count). The Morgan fingerprint density at radius 3 is 2.53 bits per heavy atom. The zero-order chi connectivity index (χ0) is 25.1. The molecule has 2 aromatic heterocycles. The number of amides is 2. The Kier molecular flexibility index (Phi) is 6.58. The van der Waals surface area contributed by atoms with E-state index in [9.17, 15) is 9.59 Å². The third kappa shape index (κ3) is 4.75. The molecule has 0 fully saturated rings. The topological polar surface area (TPSA) is 93.0 Å². The third-order valence-corrected chi connectivity index (χ3v) is 6.40. The number of nitrogens with one attached hydrogen (secondary N) is 1. The smallest absolute Gasteiger partial charge is 0.258 e. The largest absolute Gasteiger partial charge is 0.352 e. The SMILES string of the molecule is CC(C)n1cnc([C@@H]2CN(C(=O)c3ccccc3)c3ccc(C(=O)NCCc4ccncc4)cc32)n1. The first-order valence-corrected chi connectivity index (χ1v) is 12.1. The fourth-order valence-corrected chi connectivity index (χ4v) is 4.42. The molecule has 0 saturated heterocycles. The lowest BCUT2D eigenvalue weighted by Gasteiger charge is -2.18. The average Bonchev–Trinajstić information content (AvgIpc) is 3.54. The van der Waals surface area contributed by atoms with E-state index in [2.05, 4.69) is 20.4 Å². The number of fused-ring (bicyclic) bond motifs is 1. The van der Waals surface area contributed by atoms with Gasteiger partial charge in [0.15, 0.2) is 5.82 Å². The summed E-state index contributed by atoms with van der Waals surface area (Å²) in [6.45, 7) is 5.02. The van der Waals surface area contributed by atoms with Crippen molar-refractivity contribution in [2.75, 3.05) is 18.0 Å². The van der Waals surface area contributed by atoms with Gasteiger partial charge in [-0.05, 0) is 73.9 Å². The maximum atomic E-state index is 13.4. The number of benzene rings is 2. The number of carbonyl (C=O) groups excluding carboxylic acids is 2. The quantitative estimate of drug-likeness (QED) is 0.431. The molecule has 182 valence electrons. The van der Waals surface area contributed by atoms with Crippen LogP contribution in [0.25, 0.3) is 0 Å². The van der Waals surface area contributed by atoms with Gasteiger partial charge in [0.1, 0.15) is 6.33 Å². The molecule has 0 saturated carbocycles. The van der Waals surface area contributed by atoms with Gasteiger partial charge in [-0.3, -0.25) is 19.3 Å². The molecule has 1 atom stereocenters. The molecular weight excluding hydrogens is 452 g/mol. The van der Waals surface area contributed by atoms with Gasteiger partial charge in [0.05, 0.1) is 5.92 Å². The third-order valence-electron chi connectivity index (χ3n) is 6.40. The first kappa shape index (κ1) is 23.4. The summed E-state index contributed by atoms with van der Waals surface area (Å²) in [6, 6.07) is 18.8. The number of hydrogen-bond donors (Lipinski definition) is 1. The lowest BCUT2D eigenvalue weighted by Crippen LogP contribution is -2.30. The second kappa shape index (κ2) is 10.1. The highest BCUT2D eigenvalue weighted by Crippen LogP contribution is 2.40. The van der Waals surface area contributed by atoms with Crippen molar-refractivity contribution in [1.82, 2.24) is 25.1 Å². The Hall–Kier alpha value is -4.33. The highest BCUT2D eigenvalue weighted by atomic mass is 16.2. The van der Waals surface area contributed by atoms with E-state index in [1.54, 1.807) is 29.7 Å². The van der Waals surface area contributed by atoms with E-state index in [0.717, 1.165) is 23.2 Å². The summed E-state index contributed by atoms with van der Waals surface area (Å²) in [6.07, 6.45) is 5.93. The number of rotatable bonds is 7. The van der Waals surface area contributed by atoms with Crippen molar-refractivity contribution in [2.24, 2.45) is 0 Å². The van der Waals surface area contributed by atoms with E-state index in [1.807, 2.05) is 73.1 Å². The highest BCUT2D eigenvalue weighted by molar-refractivity contribution is 6.08. The van der Waals surface area contributed by atoms with Crippen molar-refractivity contribution < 1.29 is 9.59 Å². The van der Waals surface area contributed by atoms with Crippen molar-refractivity contribution in [2.45, 2.75) is 32.2 Å². The molecule has 0 bridgehead atoms. The molecule has 4 aromatic rings. The highest BCUT2D eigenvalue weighted by Gasteiger charge is 2.36. The van der Waals surface area contributed by atoms with Crippen LogP contribution in [0.4, 0.5) is 5.69 Å². The Bertz CT molecular complexity index is 1370. The summed E-state index contributed by atoms with van der Waals surface area (Å²) in [4.78, 5) is 36.7. The first-order valence-electron chi connectivity index (χ1n) is 12.1. The lowest BCUT2D eigenvalue weighted by atomic mass is 9.98.